The lowest BCUT2D eigenvalue weighted by molar-refractivity contribution is 1.32. The number of hydrogen-bond donors (Lipinski definition) is 0. The predicted octanol–water partition coefficient (Wildman–Crippen LogP) is 2.24. The third-order valence-electron chi connectivity index (χ3n) is 1.09. The first-order valence-electron chi connectivity index (χ1n) is 2.71. The van der Waals surface area contributed by atoms with Crippen LogP contribution in [-0.4, -0.2) is 9.85 Å². The van der Waals surface area contributed by atoms with Gasteiger partial charge < -0.3 is 0 Å². The van der Waals surface area contributed by atoms with Crippen molar-refractivity contribution in [2.24, 2.45) is 0 Å². The lowest BCUT2D eigenvalue weighted by atomic mass is 10.2. The van der Waals surface area contributed by atoms with E-state index < -0.39 is 0 Å². The Kier molecular flexibility index (Phi) is 4.16. The molecule has 1 aromatic heterocycles. The van der Waals surface area contributed by atoms with Gasteiger partial charge in [-0.15, -0.1) is 12.4 Å². The van der Waals surface area contributed by atoms with E-state index in [4.69, 9.17) is 12.2 Å². The maximum Gasteiger partial charge on any atom is 0.0274 e. The minimum absolute atomic E-state index is 0. The van der Waals surface area contributed by atoms with Gasteiger partial charge >= 0.3 is 0 Å². The number of rotatable bonds is 1. The number of thiocarbonyl (C=S) groups is 1. The van der Waals surface area contributed by atoms with Crippen molar-refractivity contribution in [3.63, 3.8) is 0 Å². The Bertz CT molecular complexity index is 210. The SMILES string of the molecule is CC(=S)c1ccncc1.Cl. The van der Waals surface area contributed by atoms with Gasteiger partial charge in [0.1, 0.15) is 0 Å². The molecule has 0 saturated heterocycles. The summed E-state index contributed by atoms with van der Waals surface area (Å²) in [6.45, 7) is 1.91. The zero-order valence-corrected chi connectivity index (χ0v) is 7.21. The molecule has 0 atom stereocenters. The fourth-order valence-electron chi connectivity index (χ4n) is 0.587. The molecule has 10 heavy (non-hydrogen) atoms. The van der Waals surface area contributed by atoms with Crippen LogP contribution >= 0.6 is 24.6 Å². The summed E-state index contributed by atoms with van der Waals surface area (Å²) in [5.74, 6) is 0. The Labute approximate surface area is 71.9 Å². The lowest BCUT2D eigenvalue weighted by Gasteiger charge is -1.92. The zero-order chi connectivity index (χ0) is 6.69. The summed E-state index contributed by atoms with van der Waals surface area (Å²) in [6.07, 6.45) is 3.48. The van der Waals surface area contributed by atoms with Crippen molar-refractivity contribution < 1.29 is 0 Å². The van der Waals surface area contributed by atoms with E-state index >= 15 is 0 Å². The van der Waals surface area contributed by atoms with E-state index in [2.05, 4.69) is 4.98 Å². The van der Waals surface area contributed by atoms with Gasteiger partial charge in [0.05, 0.1) is 0 Å². The summed E-state index contributed by atoms with van der Waals surface area (Å²) in [4.78, 5) is 4.78. The van der Waals surface area contributed by atoms with Gasteiger partial charge in [-0.3, -0.25) is 4.98 Å². The monoisotopic (exact) mass is 173 g/mol. The summed E-state index contributed by atoms with van der Waals surface area (Å²) in [5.41, 5.74) is 1.08. The second kappa shape index (κ2) is 4.36. The first-order chi connectivity index (χ1) is 4.30. The van der Waals surface area contributed by atoms with Crippen molar-refractivity contribution >= 4 is 29.5 Å². The smallest absolute Gasteiger partial charge is 0.0274 e. The number of nitrogens with zero attached hydrogens (tertiary/aromatic N) is 1. The van der Waals surface area contributed by atoms with Crippen molar-refractivity contribution in [2.75, 3.05) is 0 Å². The summed E-state index contributed by atoms with van der Waals surface area (Å²) in [7, 11) is 0. The van der Waals surface area contributed by atoms with E-state index in [1.807, 2.05) is 19.1 Å². The van der Waals surface area contributed by atoms with Crippen molar-refractivity contribution in [3.8, 4) is 0 Å². The standard InChI is InChI=1S/C7H7NS.ClH/c1-6(9)7-2-4-8-5-3-7;/h2-5H,1H3;1H. The molecule has 0 saturated carbocycles. The van der Waals surface area contributed by atoms with Crippen LogP contribution in [0.15, 0.2) is 24.5 Å². The summed E-state index contributed by atoms with van der Waals surface area (Å²) >= 11 is 4.93. The van der Waals surface area contributed by atoms with Crippen LogP contribution < -0.4 is 0 Å². The Morgan fingerprint density at radius 2 is 1.90 bits per heavy atom. The number of aromatic nitrogens is 1. The van der Waals surface area contributed by atoms with Gasteiger partial charge in [0.15, 0.2) is 0 Å². The Balaban J connectivity index is 0.000000810. The van der Waals surface area contributed by atoms with Gasteiger partial charge in [0, 0.05) is 17.3 Å². The highest BCUT2D eigenvalue weighted by Crippen LogP contribution is 1.97. The maximum atomic E-state index is 4.93. The highest BCUT2D eigenvalue weighted by molar-refractivity contribution is 7.80. The molecule has 1 rings (SSSR count). The molecule has 1 aromatic rings. The predicted molar refractivity (Wildman–Crippen MR) is 48.9 cm³/mol. The Morgan fingerprint density at radius 1 is 1.40 bits per heavy atom. The molecule has 3 heteroatoms. The Morgan fingerprint density at radius 3 is 2.20 bits per heavy atom. The fourth-order valence-corrected chi connectivity index (χ4v) is 0.723. The number of hydrogen-bond acceptors (Lipinski definition) is 2. The number of pyridine rings is 1. The van der Waals surface area contributed by atoms with Crippen molar-refractivity contribution in [3.05, 3.63) is 30.1 Å². The van der Waals surface area contributed by atoms with Crippen molar-refractivity contribution in [2.45, 2.75) is 6.92 Å². The second-order valence-corrected chi connectivity index (χ2v) is 2.40. The maximum absolute atomic E-state index is 4.93. The summed E-state index contributed by atoms with van der Waals surface area (Å²) < 4.78 is 0. The highest BCUT2D eigenvalue weighted by Gasteiger charge is 1.89. The molecule has 0 unspecified atom stereocenters. The highest BCUT2D eigenvalue weighted by atomic mass is 35.5. The van der Waals surface area contributed by atoms with Gasteiger partial charge in [0.25, 0.3) is 0 Å². The molecule has 54 valence electrons. The normalized spacial score (nSPS) is 8.10. The molecule has 0 radical (unpaired) electrons. The molecule has 0 spiro atoms. The molecule has 0 amide bonds. The van der Waals surface area contributed by atoms with E-state index in [0.29, 0.717) is 0 Å². The van der Waals surface area contributed by atoms with E-state index in [9.17, 15) is 0 Å². The van der Waals surface area contributed by atoms with E-state index in [0.717, 1.165) is 10.4 Å². The van der Waals surface area contributed by atoms with Gasteiger partial charge in [-0.25, -0.2) is 0 Å². The van der Waals surface area contributed by atoms with Crippen LogP contribution in [0.4, 0.5) is 0 Å². The van der Waals surface area contributed by atoms with Crippen LogP contribution in [0.3, 0.4) is 0 Å². The molecule has 0 fully saturated rings. The minimum atomic E-state index is 0. The quantitative estimate of drug-likeness (QED) is 0.477. The topological polar surface area (TPSA) is 12.9 Å². The zero-order valence-electron chi connectivity index (χ0n) is 5.57. The second-order valence-electron chi connectivity index (χ2n) is 1.79. The van der Waals surface area contributed by atoms with Crippen LogP contribution in [-0.2, 0) is 0 Å². The third kappa shape index (κ3) is 2.42. The molecule has 0 N–H and O–H groups in total. The van der Waals surface area contributed by atoms with Crippen LogP contribution in [0, 0.1) is 0 Å². The van der Waals surface area contributed by atoms with Crippen molar-refractivity contribution in [1.29, 1.82) is 0 Å². The Hall–Kier alpha value is -0.470. The summed E-state index contributed by atoms with van der Waals surface area (Å²) in [6, 6.07) is 3.81. The van der Waals surface area contributed by atoms with Crippen LogP contribution in [0.25, 0.3) is 0 Å². The molecule has 1 nitrogen and oxygen atoms in total. The fraction of sp³-hybridized carbons (Fsp3) is 0.143. The van der Waals surface area contributed by atoms with Gasteiger partial charge in [0.2, 0.25) is 0 Å². The molecule has 0 aromatic carbocycles. The van der Waals surface area contributed by atoms with Gasteiger partial charge in [-0.1, -0.05) is 12.2 Å². The van der Waals surface area contributed by atoms with E-state index in [1.54, 1.807) is 12.4 Å². The summed E-state index contributed by atoms with van der Waals surface area (Å²) in [5, 5.41) is 0. The average molecular weight is 174 g/mol. The third-order valence-corrected chi connectivity index (χ3v) is 1.32. The van der Waals surface area contributed by atoms with Gasteiger partial charge in [-0.2, -0.15) is 0 Å². The molecule has 0 aliphatic carbocycles. The number of halogens is 1. The van der Waals surface area contributed by atoms with E-state index in [-0.39, 0.29) is 12.4 Å². The van der Waals surface area contributed by atoms with Crippen LogP contribution in [0.1, 0.15) is 12.5 Å². The largest absolute Gasteiger partial charge is 0.265 e. The minimum Gasteiger partial charge on any atom is -0.265 e. The lowest BCUT2D eigenvalue weighted by Crippen LogP contribution is -1.88. The molecule has 0 aliphatic rings. The first kappa shape index (κ1) is 9.53. The molecule has 1 heterocycles. The van der Waals surface area contributed by atoms with Crippen LogP contribution in [0.2, 0.25) is 0 Å². The molecular weight excluding hydrogens is 166 g/mol. The van der Waals surface area contributed by atoms with Crippen LogP contribution in [0.5, 0.6) is 0 Å². The van der Waals surface area contributed by atoms with E-state index in [1.165, 1.54) is 0 Å². The van der Waals surface area contributed by atoms with Crippen molar-refractivity contribution in [1.82, 2.24) is 4.98 Å². The molecule has 0 aliphatic heterocycles. The molecular formula is C7H8ClNS. The average Bonchev–Trinajstić information content (AvgIpc) is 1.90. The first-order valence-corrected chi connectivity index (χ1v) is 3.12. The molecule has 0 bridgehead atoms. The van der Waals surface area contributed by atoms with Gasteiger partial charge in [-0.05, 0) is 24.6 Å².